The van der Waals surface area contributed by atoms with Crippen molar-refractivity contribution in [3.05, 3.63) is 18.7 Å². The van der Waals surface area contributed by atoms with E-state index in [-0.39, 0.29) is 0 Å². The lowest BCUT2D eigenvalue weighted by Gasteiger charge is -2.04. The summed E-state index contributed by atoms with van der Waals surface area (Å²) >= 11 is 0. The van der Waals surface area contributed by atoms with E-state index in [0.717, 1.165) is 5.92 Å². The highest BCUT2D eigenvalue weighted by atomic mass is 15.1. The second-order valence-corrected chi connectivity index (χ2v) is 8.26. The lowest BCUT2D eigenvalue weighted by Crippen LogP contribution is -2.31. The smallest absolute Gasteiger partial charge is 0.237 e. The van der Waals surface area contributed by atoms with Crippen molar-refractivity contribution in [2.75, 3.05) is 0 Å². The van der Waals surface area contributed by atoms with Gasteiger partial charge in [-0.3, -0.25) is 0 Å². The minimum absolute atomic E-state index is 0.571. The maximum Gasteiger partial charge on any atom is 0.243 e. The molecule has 0 atom stereocenters. The van der Waals surface area contributed by atoms with E-state index >= 15 is 0 Å². The lowest BCUT2D eigenvalue weighted by molar-refractivity contribution is -0.697. The average Bonchev–Trinajstić information content (AvgIpc) is 3.00. The molecule has 0 fully saturated rings. The van der Waals surface area contributed by atoms with E-state index in [1.165, 1.54) is 83.6 Å². The minimum atomic E-state index is 0.571. The Kier molecular flexibility index (Phi) is 12.0. The summed E-state index contributed by atoms with van der Waals surface area (Å²) in [5, 5.41) is 0. The first-order chi connectivity index (χ1) is 11.6. The highest BCUT2D eigenvalue weighted by molar-refractivity contribution is 4.69. The fourth-order valence-corrected chi connectivity index (χ4v) is 3.29. The van der Waals surface area contributed by atoms with Crippen LogP contribution in [0.15, 0.2) is 18.7 Å². The van der Waals surface area contributed by atoms with Crippen molar-refractivity contribution < 1.29 is 4.57 Å². The molecule has 1 aromatic rings. The number of nitrogens with zero attached hydrogens (tertiary/aromatic N) is 2. The SMILES string of the molecule is CC(C)CCCCCCCCCCCCC[n+]1ccn(C(C)C)c1. The average molecular weight is 336 g/mol. The molecule has 0 bridgehead atoms. The van der Waals surface area contributed by atoms with Crippen LogP contribution in [0.2, 0.25) is 0 Å². The molecule has 140 valence electrons. The first kappa shape index (κ1) is 21.3. The van der Waals surface area contributed by atoms with Gasteiger partial charge in [0.1, 0.15) is 12.4 Å². The van der Waals surface area contributed by atoms with Crippen LogP contribution in [0.4, 0.5) is 0 Å². The van der Waals surface area contributed by atoms with E-state index in [9.17, 15) is 0 Å². The predicted molar refractivity (Wildman–Crippen MR) is 105 cm³/mol. The van der Waals surface area contributed by atoms with Crippen molar-refractivity contribution in [1.82, 2.24) is 4.57 Å². The molecule has 0 unspecified atom stereocenters. The largest absolute Gasteiger partial charge is 0.243 e. The summed E-state index contributed by atoms with van der Waals surface area (Å²) in [4.78, 5) is 0. The Hall–Kier alpha value is -0.790. The summed E-state index contributed by atoms with van der Waals surface area (Å²) in [6, 6.07) is 0.571. The van der Waals surface area contributed by atoms with E-state index in [0.29, 0.717) is 6.04 Å². The summed E-state index contributed by atoms with van der Waals surface area (Å²) in [5.74, 6) is 0.888. The molecule has 1 heterocycles. The molecule has 0 spiro atoms. The fourth-order valence-electron chi connectivity index (χ4n) is 3.29. The molecule has 2 nitrogen and oxygen atoms in total. The maximum absolute atomic E-state index is 2.33. The van der Waals surface area contributed by atoms with Gasteiger partial charge in [-0.15, -0.1) is 0 Å². The van der Waals surface area contributed by atoms with Crippen LogP contribution in [-0.4, -0.2) is 4.57 Å². The Balaban J connectivity index is 1.82. The van der Waals surface area contributed by atoms with Gasteiger partial charge in [0, 0.05) is 0 Å². The van der Waals surface area contributed by atoms with Crippen LogP contribution in [0.3, 0.4) is 0 Å². The highest BCUT2D eigenvalue weighted by Gasteiger charge is 2.06. The number of hydrogen-bond acceptors (Lipinski definition) is 0. The summed E-state index contributed by atoms with van der Waals surface area (Å²) < 4.78 is 4.61. The van der Waals surface area contributed by atoms with Gasteiger partial charge in [0.15, 0.2) is 0 Å². The van der Waals surface area contributed by atoms with Crippen LogP contribution < -0.4 is 4.57 Å². The molecule has 0 saturated heterocycles. The van der Waals surface area contributed by atoms with Crippen LogP contribution in [-0.2, 0) is 6.54 Å². The van der Waals surface area contributed by atoms with E-state index in [1.807, 2.05) is 0 Å². The van der Waals surface area contributed by atoms with Gasteiger partial charge in [0.2, 0.25) is 6.33 Å². The van der Waals surface area contributed by atoms with Gasteiger partial charge in [-0.2, -0.15) is 0 Å². The first-order valence-corrected chi connectivity index (χ1v) is 10.7. The molecule has 0 aliphatic heterocycles. The molecular weight excluding hydrogens is 292 g/mol. The molecule has 0 amide bonds. The Morgan fingerprint density at radius 2 is 1.21 bits per heavy atom. The zero-order valence-corrected chi connectivity index (χ0v) is 17.0. The summed E-state index contributed by atoms with van der Waals surface area (Å²) in [6.07, 6.45) is 23.8. The van der Waals surface area contributed by atoms with Gasteiger partial charge in [0.25, 0.3) is 0 Å². The third-order valence-corrected chi connectivity index (χ3v) is 5.01. The zero-order valence-electron chi connectivity index (χ0n) is 17.0. The van der Waals surface area contributed by atoms with Crippen molar-refractivity contribution in [1.29, 1.82) is 0 Å². The molecular formula is C22H43N2+. The van der Waals surface area contributed by atoms with Crippen molar-refractivity contribution >= 4 is 0 Å². The van der Waals surface area contributed by atoms with E-state index in [4.69, 9.17) is 0 Å². The van der Waals surface area contributed by atoms with Crippen molar-refractivity contribution in [2.24, 2.45) is 5.92 Å². The van der Waals surface area contributed by atoms with Gasteiger partial charge in [-0.05, 0) is 32.6 Å². The number of aromatic nitrogens is 2. The van der Waals surface area contributed by atoms with Gasteiger partial charge in [-0.25, -0.2) is 9.13 Å². The van der Waals surface area contributed by atoms with Gasteiger partial charge in [0.05, 0.1) is 12.6 Å². The highest BCUT2D eigenvalue weighted by Crippen LogP contribution is 2.13. The van der Waals surface area contributed by atoms with Crippen LogP contribution in [0.25, 0.3) is 0 Å². The standard InChI is InChI=1S/C22H43N2/c1-21(2)16-14-12-10-8-6-5-7-9-11-13-15-17-23-18-19-24(20-23)22(3)4/h18-22H,5-17H2,1-4H3/q+1. The number of imidazole rings is 1. The molecule has 0 aliphatic carbocycles. The Labute approximate surface area is 151 Å². The fraction of sp³-hybridized carbons (Fsp3) is 0.864. The van der Waals surface area contributed by atoms with Gasteiger partial charge < -0.3 is 0 Å². The zero-order chi connectivity index (χ0) is 17.6. The molecule has 0 aromatic carbocycles. The molecule has 0 radical (unpaired) electrons. The molecule has 0 saturated carbocycles. The normalized spacial score (nSPS) is 11.8. The quantitative estimate of drug-likeness (QED) is 0.249. The van der Waals surface area contributed by atoms with Crippen LogP contribution in [0.1, 0.15) is 111 Å². The second-order valence-electron chi connectivity index (χ2n) is 8.26. The minimum Gasteiger partial charge on any atom is -0.237 e. The molecule has 1 rings (SSSR count). The summed E-state index contributed by atoms with van der Waals surface area (Å²) in [7, 11) is 0. The Morgan fingerprint density at radius 1 is 0.708 bits per heavy atom. The molecule has 1 aromatic heterocycles. The predicted octanol–water partition coefficient (Wildman–Crippen LogP) is 6.69. The topological polar surface area (TPSA) is 8.81 Å². The van der Waals surface area contributed by atoms with Crippen molar-refractivity contribution in [3.8, 4) is 0 Å². The Bertz CT molecular complexity index is 392. The third kappa shape index (κ3) is 10.9. The van der Waals surface area contributed by atoms with Crippen LogP contribution in [0.5, 0.6) is 0 Å². The molecule has 24 heavy (non-hydrogen) atoms. The van der Waals surface area contributed by atoms with Crippen molar-refractivity contribution in [2.45, 2.75) is 117 Å². The molecule has 2 heteroatoms. The summed E-state index contributed by atoms with van der Waals surface area (Å²) in [6.45, 7) is 10.3. The third-order valence-electron chi connectivity index (χ3n) is 5.01. The van der Waals surface area contributed by atoms with Gasteiger partial charge >= 0.3 is 0 Å². The number of aryl methyl sites for hydroxylation is 1. The van der Waals surface area contributed by atoms with E-state index in [2.05, 4.69) is 55.6 Å². The van der Waals surface area contributed by atoms with Crippen LogP contribution >= 0.6 is 0 Å². The summed E-state index contributed by atoms with van der Waals surface area (Å²) in [5.41, 5.74) is 0. The monoisotopic (exact) mass is 335 g/mol. The first-order valence-electron chi connectivity index (χ1n) is 10.7. The molecule has 0 aliphatic rings. The van der Waals surface area contributed by atoms with Crippen LogP contribution in [0, 0.1) is 5.92 Å². The second kappa shape index (κ2) is 13.5. The lowest BCUT2D eigenvalue weighted by atomic mass is 10.0. The number of unbranched alkanes of at least 4 members (excludes halogenated alkanes) is 10. The maximum atomic E-state index is 2.33. The van der Waals surface area contributed by atoms with Crippen molar-refractivity contribution in [3.63, 3.8) is 0 Å². The Morgan fingerprint density at radius 3 is 1.67 bits per heavy atom. The van der Waals surface area contributed by atoms with E-state index in [1.54, 1.807) is 0 Å². The van der Waals surface area contributed by atoms with E-state index < -0.39 is 0 Å². The van der Waals surface area contributed by atoms with Gasteiger partial charge in [-0.1, -0.05) is 78.1 Å². The number of rotatable bonds is 15. The molecule has 0 N–H and O–H groups in total. The number of hydrogen-bond donors (Lipinski definition) is 0.